The van der Waals surface area contributed by atoms with Gasteiger partial charge in [-0.25, -0.2) is 9.37 Å². The second kappa shape index (κ2) is 6.95. The second-order valence-corrected chi connectivity index (χ2v) is 6.32. The Morgan fingerprint density at radius 2 is 1.95 bits per heavy atom. The van der Waals surface area contributed by atoms with E-state index in [4.69, 9.17) is 4.98 Å². The highest BCUT2D eigenvalue weighted by Crippen LogP contribution is 2.26. The molecule has 0 aliphatic carbocycles. The van der Waals surface area contributed by atoms with Crippen molar-refractivity contribution < 1.29 is 4.39 Å². The molecule has 1 N–H and O–H groups in total. The molecular formula is C16H21FN2S. The van der Waals surface area contributed by atoms with Crippen LogP contribution < -0.4 is 5.32 Å². The van der Waals surface area contributed by atoms with E-state index in [1.807, 2.05) is 12.1 Å². The molecule has 0 unspecified atom stereocenters. The lowest BCUT2D eigenvalue weighted by atomic mass is 10.1. The van der Waals surface area contributed by atoms with Gasteiger partial charge in [-0.15, -0.1) is 11.3 Å². The van der Waals surface area contributed by atoms with Gasteiger partial charge in [-0.1, -0.05) is 32.9 Å². The molecule has 1 heterocycles. The summed E-state index contributed by atoms with van der Waals surface area (Å²) in [6, 6.07) is 6.67. The van der Waals surface area contributed by atoms with Crippen LogP contribution in [0.2, 0.25) is 0 Å². The van der Waals surface area contributed by atoms with Gasteiger partial charge in [-0.05, 0) is 30.2 Å². The Hall–Kier alpha value is -1.26. The van der Waals surface area contributed by atoms with Crippen molar-refractivity contribution in [1.82, 2.24) is 10.3 Å². The number of rotatable bonds is 6. The van der Waals surface area contributed by atoms with E-state index in [-0.39, 0.29) is 5.82 Å². The van der Waals surface area contributed by atoms with Crippen molar-refractivity contribution in [1.29, 1.82) is 0 Å². The summed E-state index contributed by atoms with van der Waals surface area (Å²) in [5, 5.41) is 4.47. The summed E-state index contributed by atoms with van der Waals surface area (Å²) in [6.45, 7) is 8.29. The van der Waals surface area contributed by atoms with Crippen LogP contribution in [-0.4, -0.2) is 11.5 Å². The Kier molecular flexibility index (Phi) is 5.26. The number of nitrogens with zero attached hydrogens (tertiary/aromatic N) is 1. The standard InChI is InChI=1S/C16H21FN2S/c1-4-18-10-14-16(11(2)3)19-15(20-14)9-12-5-7-13(17)8-6-12/h5-8,11,18H,4,9-10H2,1-3H3. The molecular weight excluding hydrogens is 271 g/mol. The minimum atomic E-state index is -0.191. The van der Waals surface area contributed by atoms with Crippen LogP contribution in [-0.2, 0) is 13.0 Å². The quantitative estimate of drug-likeness (QED) is 0.867. The molecule has 0 aliphatic rings. The third-order valence-corrected chi connectivity index (χ3v) is 4.19. The fourth-order valence-electron chi connectivity index (χ4n) is 2.08. The SMILES string of the molecule is CCNCc1sc(Cc2ccc(F)cc2)nc1C(C)C. The van der Waals surface area contributed by atoms with Gasteiger partial charge >= 0.3 is 0 Å². The summed E-state index contributed by atoms with van der Waals surface area (Å²) in [4.78, 5) is 6.08. The Morgan fingerprint density at radius 3 is 2.55 bits per heavy atom. The minimum Gasteiger partial charge on any atom is -0.312 e. The molecule has 2 aromatic rings. The molecule has 108 valence electrons. The highest BCUT2D eigenvalue weighted by Gasteiger charge is 2.14. The highest BCUT2D eigenvalue weighted by molar-refractivity contribution is 7.11. The first-order valence-corrected chi connectivity index (χ1v) is 7.85. The molecule has 0 radical (unpaired) electrons. The van der Waals surface area contributed by atoms with Crippen LogP contribution >= 0.6 is 11.3 Å². The number of aromatic nitrogens is 1. The summed E-state index contributed by atoms with van der Waals surface area (Å²) < 4.78 is 12.9. The largest absolute Gasteiger partial charge is 0.312 e. The lowest BCUT2D eigenvalue weighted by molar-refractivity contribution is 0.627. The molecule has 20 heavy (non-hydrogen) atoms. The number of thiazole rings is 1. The molecule has 0 saturated carbocycles. The molecule has 2 rings (SSSR count). The van der Waals surface area contributed by atoms with E-state index >= 15 is 0 Å². The van der Waals surface area contributed by atoms with E-state index < -0.39 is 0 Å². The van der Waals surface area contributed by atoms with Gasteiger partial charge in [-0.2, -0.15) is 0 Å². The van der Waals surface area contributed by atoms with Crippen LogP contribution in [0.15, 0.2) is 24.3 Å². The van der Waals surface area contributed by atoms with Crippen molar-refractivity contribution in [3.8, 4) is 0 Å². The van der Waals surface area contributed by atoms with E-state index in [0.717, 1.165) is 30.1 Å². The van der Waals surface area contributed by atoms with E-state index in [1.54, 1.807) is 11.3 Å². The van der Waals surface area contributed by atoms with Gasteiger partial charge in [0.15, 0.2) is 0 Å². The molecule has 2 nitrogen and oxygen atoms in total. The molecule has 1 aromatic heterocycles. The number of hydrogen-bond donors (Lipinski definition) is 1. The predicted molar refractivity (Wildman–Crippen MR) is 82.8 cm³/mol. The lowest BCUT2D eigenvalue weighted by Gasteiger charge is -2.04. The first-order valence-electron chi connectivity index (χ1n) is 7.03. The van der Waals surface area contributed by atoms with Gasteiger partial charge in [0.1, 0.15) is 5.82 Å². The first kappa shape index (κ1) is 15.1. The van der Waals surface area contributed by atoms with Gasteiger partial charge in [0.05, 0.1) is 10.7 Å². The second-order valence-electron chi connectivity index (χ2n) is 5.15. The summed E-state index contributed by atoms with van der Waals surface area (Å²) >= 11 is 1.76. The average Bonchev–Trinajstić information content (AvgIpc) is 2.82. The van der Waals surface area contributed by atoms with Crippen molar-refractivity contribution >= 4 is 11.3 Å². The number of halogens is 1. The molecule has 0 bridgehead atoms. The third kappa shape index (κ3) is 3.87. The van der Waals surface area contributed by atoms with Crippen molar-refractivity contribution in [2.24, 2.45) is 0 Å². The molecule has 4 heteroatoms. The Bertz CT molecular complexity index is 546. The van der Waals surface area contributed by atoms with Crippen LogP contribution in [0.5, 0.6) is 0 Å². The first-order chi connectivity index (χ1) is 9.60. The highest BCUT2D eigenvalue weighted by atomic mass is 32.1. The van der Waals surface area contributed by atoms with Crippen LogP contribution in [0.3, 0.4) is 0 Å². The van der Waals surface area contributed by atoms with Crippen LogP contribution in [0, 0.1) is 5.82 Å². The van der Waals surface area contributed by atoms with Gasteiger partial charge < -0.3 is 5.32 Å². The number of hydrogen-bond acceptors (Lipinski definition) is 3. The maximum Gasteiger partial charge on any atom is 0.123 e. The van der Waals surface area contributed by atoms with Crippen molar-refractivity contribution in [2.45, 2.75) is 39.7 Å². The maximum absolute atomic E-state index is 12.9. The van der Waals surface area contributed by atoms with Gasteiger partial charge in [0.25, 0.3) is 0 Å². The van der Waals surface area contributed by atoms with E-state index in [0.29, 0.717) is 5.92 Å². The molecule has 0 fully saturated rings. The molecule has 1 aromatic carbocycles. The van der Waals surface area contributed by atoms with Crippen molar-refractivity contribution in [2.75, 3.05) is 6.54 Å². The zero-order chi connectivity index (χ0) is 14.5. The molecule has 0 amide bonds. The molecule has 0 saturated heterocycles. The summed E-state index contributed by atoms with van der Waals surface area (Å²) in [5.74, 6) is 0.241. The Morgan fingerprint density at radius 1 is 1.25 bits per heavy atom. The van der Waals surface area contributed by atoms with Crippen molar-refractivity contribution in [3.05, 3.63) is 51.2 Å². The maximum atomic E-state index is 12.9. The fourth-order valence-corrected chi connectivity index (χ4v) is 3.31. The van der Waals surface area contributed by atoms with E-state index in [2.05, 4.69) is 26.1 Å². The van der Waals surface area contributed by atoms with Crippen molar-refractivity contribution in [3.63, 3.8) is 0 Å². The van der Waals surface area contributed by atoms with E-state index in [1.165, 1.54) is 22.7 Å². The summed E-state index contributed by atoms with van der Waals surface area (Å²) in [5.41, 5.74) is 2.29. The zero-order valence-corrected chi connectivity index (χ0v) is 13.1. The zero-order valence-electron chi connectivity index (χ0n) is 12.2. The van der Waals surface area contributed by atoms with Gasteiger partial charge in [-0.3, -0.25) is 0 Å². The Labute approximate surface area is 124 Å². The topological polar surface area (TPSA) is 24.9 Å². The van der Waals surface area contributed by atoms with Crippen LogP contribution in [0.25, 0.3) is 0 Å². The molecule has 0 spiro atoms. The van der Waals surface area contributed by atoms with E-state index in [9.17, 15) is 4.39 Å². The number of nitrogens with one attached hydrogen (secondary N) is 1. The normalized spacial score (nSPS) is 11.2. The third-order valence-electron chi connectivity index (χ3n) is 3.12. The predicted octanol–water partition coefficient (Wildman–Crippen LogP) is 4.11. The lowest BCUT2D eigenvalue weighted by Crippen LogP contribution is -2.12. The fraction of sp³-hybridized carbons (Fsp3) is 0.438. The molecule has 0 atom stereocenters. The summed E-state index contributed by atoms with van der Waals surface area (Å²) in [6.07, 6.45) is 0.775. The Balaban J connectivity index is 2.17. The minimum absolute atomic E-state index is 0.191. The smallest absolute Gasteiger partial charge is 0.123 e. The molecule has 0 aliphatic heterocycles. The monoisotopic (exact) mass is 292 g/mol. The van der Waals surface area contributed by atoms with Gasteiger partial charge in [0.2, 0.25) is 0 Å². The van der Waals surface area contributed by atoms with Crippen LogP contribution in [0.1, 0.15) is 47.8 Å². The van der Waals surface area contributed by atoms with Crippen LogP contribution in [0.4, 0.5) is 4.39 Å². The average molecular weight is 292 g/mol. The summed E-state index contributed by atoms with van der Waals surface area (Å²) in [7, 11) is 0. The van der Waals surface area contributed by atoms with Gasteiger partial charge in [0, 0.05) is 17.8 Å². The number of benzene rings is 1.